The predicted octanol–water partition coefficient (Wildman–Crippen LogP) is 1.97. The molecule has 1 aliphatic rings. The largest absolute Gasteiger partial charge is 0.300 e. The fraction of sp³-hybridized carbons (Fsp3) is 0.429. The number of nitrogens with two attached hydrogens (primary N) is 1. The molecule has 2 rings (SSSR count). The van der Waals surface area contributed by atoms with Crippen molar-refractivity contribution in [3.05, 3.63) is 35.2 Å². The molecule has 0 amide bonds. The van der Waals surface area contributed by atoms with Crippen molar-refractivity contribution in [2.75, 3.05) is 19.6 Å². The summed E-state index contributed by atoms with van der Waals surface area (Å²) in [5, 5.41) is 5.18. The average Bonchev–Trinajstić information content (AvgIpc) is 2.37. The van der Waals surface area contributed by atoms with Gasteiger partial charge in [0.1, 0.15) is 5.82 Å². The molecule has 0 spiro atoms. The highest BCUT2D eigenvalue weighted by molar-refractivity contribution is 7.89. The summed E-state index contributed by atoms with van der Waals surface area (Å²) in [5.74, 6) is -0.465. The Morgan fingerprint density at radius 2 is 2.20 bits per heavy atom. The van der Waals surface area contributed by atoms with Crippen LogP contribution in [0.5, 0.6) is 0 Å². The van der Waals surface area contributed by atoms with Crippen molar-refractivity contribution in [1.82, 2.24) is 4.90 Å². The first-order valence-electron chi connectivity index (χ1n) is 6.64. The van der Waals surface area contributed by atoms with Crippen LogP contribution < -0.4 is 5.14 Å². The van der Waals surface area contributed by atoms with Gasteiger partial charge in [-0.3, -0.25) is 4.90 Å². The van der Waals surface area contributed by atoms with Gasteiger partial charge in [0, 0.05) is 6.54 Å². The normalized spacial score (nSPS) is 19.4. The lowest BCUT2D eigenvalue weighted by Crippen LogP contribution is -2.30. The van der Waals surface area contributed by atoms with Crippen molar-refractivity contribution in [3.8, 4) is 0 Å². The quantitative estimate of drug-likeness (QED) is 0.928. The van der Waals surface area contributed by atoms with Crippen LogP contribution in [0.4, 0.5) is 4.39 Å². The third-order valence-corrected chi connectivity index (χ3v) is 4.47. The molecule has 0 bridgehead atoms. The number of likely N-dealkylation sites (N-methyl/N-ethyl adjacent to an activating group) is 1. The summed E-state index contributed by atoms with van der Waals surface area (Å²) in [4.78, 5) is 2.24. The number of likely N-dealkylation sites (tertiary alicyclic amines) is 1. The van der Waals surface area contributed by atoms with E-state index < -0.39 is 15.8 Å². The van der Waals surface area contributed by atoms with E-state index in [1.54, 1.807) is 6.08 Å². The Morgan fingerprint density at radius 1 is 1.45 bits per heavy atom. The Bertz CT molecular complexity index is 626. The zero-order valence-electron chi connectivity index (χ0n) is 11.5. The van der Waals surface area contributed by atoms with Gasteiger partial charge >= 0.3 is 0 Å². The lowest BCUT2D eigenvalue weighted by Gasteiger charge is -2.27. The van der Waals surface area contributed by atoms with Gasteiger partial charge in [-0.1, -0.05) is 18.6 Å². The maximum Gasteiger partial charge on any atom is 0.238 e. The summed E-state index contributed by atoms with van der Waals surface area (Å²) in [6.45, 7) is 4.86. The van der Waals surface area contributed by atoms with Crippen LogP contribution in [-0.4, -0.2) is 33.0 Å². The summed E-state index contributed by atoms with van der Waals surface area (Å²) in [6, 6.07) is 3.55. The zero-order valence-corrected chi connectivity index (χ0v) is 12.3. The topological polar surface area (TPSA) is 63.4 Å². The molecule has 1 heterocycles. The number of primary sulfonamides is 1. The van der Waals surface area contributed by atoms with Gasteiger partial charge in [-0.25, -0.2) is 17.9 Å². The molecule has 20 heavy (non-hydrogen) atoms. The van der Waals surface area contributed by atoms with Crippen LogP contribution in [0, 0.1) is 5.82 Å². The first-order chi connectivity index (χ1) is 9.40. The molecule has 0 atom stereocenters. The van der Waals surface area contributed by atoms with Crippen LogP contribution in [0.1, 0.15) is 25.3 Å². The fourth-order valence-electron chi connectivity index (χ4n) is 2.47. The monoisotopic (exact) mass is 298 g/mol. The van der Waals surface area contributed by atoms with E-state index in [2.05, 4.69) is 11.8 Å². The summed E-state index contributed by atoms with van der Waals surface area (Å²) in [6.07, 6.45) is 3.68. The lowest BCUT2D eigenvalue weighted by molar-refractivity contribution is 0.280. The highest BCUT2D eigenvalue weighted by atomic mass is 32.2. The van der Waals surface area contributed by atoms with Gasteiger partial charge < -0.3 is 0 Å². The number of hydrogen-bond acceptors (Lipinski definition) is 3. The van der Waals surface area contributed by atoms with Gasteiger partial charge in [0.05, 0.1) is 4.90 Å². The number of rotatable bonds is 3. The number of benzene rings is 1. The Labute approximate surface area is 119 Å². The molecular formula is C14H19FN2O2S. The highest BCUT2D eigenvalue weighted by Crippen LogP contribution is 2.23. The molecule has 0 unspecified atom stereocenters. The van der Waals surface area contributed by atoms with Gasteiger partial charge in [-0.05, 0) is 49.7 Å². The van der Waals surface area contributed by atoms with Crippen molar-refractivity contribution in [2.24, 2.45) is 5.14 Å². The number of halogens is 1. The van der Waals surface area contributed by atoms with Crippen LogP contribution in [-0.2, 0) is 10.0 Å². The number of nitrogens with zero attached hydrogens (tertiary/aromatic N) is 1. The zero-order chi connectivity index (χ0) is 14.8. The van der Waals surface area contributed by atoms with E-state index in [1.165, 1.54) is 12.1 Å². The van der Waals surface area contributed by atoms with Crippen molar-refractivity contribution in [2.45, 2.75) is 24.7 Å². The minimum Gasteiger partial charge on any atom is -0.300 e. The Hall–Kier alpha value is -1.24. The number of sulfonamides is 1. The van der Waals surface area contributed by atoms with E-state index in [9.17, 15) is 12.8 Å². The predicted molar refractivity (Wildman–Crippen MR) is 77.1 cm³/mol. The molecule has 0 aromatic heterocycles. The van der Waals surface area contributed by atoms with Crippen LogP contribution in [0.2, 0.25) is 0 Å². The van der Waals surface area contributed by atoms with E-state index in [0.29, 0.717) is 5.56 Å². The molecule has 1 aromatic rings. The van der Waals surface area contributed by atoms with Crippen molar-refractivity contribution >= 4 is 16.1 Å². The van der Waals surface area contributed by atoms with Crippen LogP contribution >= 0.6 is 0 Å². The van der Waals surface area contributed by atoms with Crippen molar-refractivity contribution < 1.29 is 12.8 Å². The minimum absolute atomic E-state index is 0.0278. The van der Waals surface area contributed by atoms with Gasteiger partial charge in [0.2, 0.25) is 10.0 Å². The lowest BCUT2D eigenvalue weighted by atomic mass is 10.0. The summed E-state index contributed by atoms with van der Waals surface area (Å²) < 4.78 is 36.4. The molecule has 2 N–H and O–H groups in total. The highest BCUT2D eigenvalue weighted by Gasteiger charge is 2.16. The van der Waals surface area contributed by atoms with Crippen LogP contribution in [0.25, 0.3) is 6.08 Å². The maximum atomic E-state index is 13.4. The molecule has 0 radical (unpaired) electrons. The second-order valence-corrected chi connectivity index (χ2v) is 6.53. The Morgan fingerprint density at radius 3 is 2.85 bits per heavy atom. The maximum absolute atomic E-state index is 13.4. The Kier molecular flexibility index (Phi) is 4.57. The van der Waals surface area contributed by atoms with Gasteiger partial charge in [0.15, 0.2) is 0 Å². The molecule has 4 nitrogen and oxygen atoms in total. The molecule has 1 aromatic carbocycles. The van der Waals surface area contributed by atoms with E-state index in [0.717, 1.165) is 44.1 Å². The number of hydrogen-bond donors (Lipinski definition) is 1. The molecule has 0 saturated carbocycles. The van der Waals surface area contributed by atoms with E-state index in [1.807, 2.05) is 0 Å². The van der Waals surface area contributed by atoms with Crippen molar-refractivity contribution in [1.29, 1.82) is 0 Å². The first-order valence-corrected chi connectivity index (χ1v) is 8.19. The average molecular weight is 298 g/mol. The molecule has 1 fully saturated rings. The summed E-state index contributed by atoms with van der Waals surface area (Å²) in [5.41, 5.74) is 1.44. The van der Waals surface area contributed by atoms with E-state index in [4.69, 9.17) is 5.14 Å². The van der Waals surface area contributed by atoms with Crippen LogP contribution in [0.3, 0.4) is 0 Å². The first kappa shape index (κ1) is 15.2. The second kappa shape index (κ2) is 6.03. The van der Waals surface area contributed by atoms with E-state index >= 15 is 0 Å². The molecular weight excluding hydrogens is 279 g/mol. The fourth-order valence-corrected chi connectivity index (χ4v) is 3.18. The molecule has 6 heteroatoms. The molecule has 1 aliphatic heterocycles. The standard InChI is InChI=1S/C14H19FN2O2S/c1-2-17-7-3-4-11(10-17)8-12-9-13(15)5-6-14(12)20(16,18)19/h5-6,8-9H,2-4,7,10H2,1H3,(H2,16,18,19). The minimum atomic E-state index is -3.84. The number of piperidine rings is 1. The van der Waals surface area contributed by atoms with E-state index in [-0.39, 0.29) is 4.90 Å². The SMILES string of the molecule is CCN1CCCC(=Cc2cc(F)ccc2S(N)(=O)=O)C1. The summed E-state index contributed by atoms with van der Waals surface area (Å²) >= 11 is 0. The third-order valence-electron chi connectivity index (χ3n) is 3.48. The second-order valence-electron chi connectivity index (χ2n) is 5.00. The van der Waals surface area contributed by atoms with Gasteiger partial charge in [-0.2, -0.15) is 0 Å². The van der Waals surface area contributed by atoms with Gasteiger partial charge in [0.25, 0.3) is 0 Å². The van der Waals surface area contributed by atoms with Crippen molar-refractivity contribution in [3.63, 3.8) is 0 Å². The molecule has 110 valence electrons. The molecule has 1 saturated heterocycles. The summed E-state index contributed by atoms with van der Waals surface area (Å²) in [7, 11) is -3.84. The smallest absolute Gasteiger partial charge is 0.238 e. The van der Waals surface area contributed by atoms with Crippen LogP contribution in [0.15, 0.2) is 28.7 Å². The van der Waals surface area contributed by atoms with Gasteiger partial charge in [-0.15, -0.1) is 0 Å². The third kappa shape index (κ3) is 3.65. The molecule has 0 aliphatic carbocycles. The Balaban J connectivity index is 2.39.